The molecule has 0 fully saturated rings. The Morgan fingerprint density at radius 1 is 0.879 bits per heavy atom. The van der Waals surface area contributed by atoms with Crippen LogP contribution >= 0.6 is 0 Å². The van der Waals surface area contributed by atoms with Gasteiger partial charge in [0.05, 0.1) is 25.3 Å². The number of hydrogen-bond donors (Lipinski definition) is 1. The van der Waals surface area contributed by atoms with Crippen LogP contribution in [-0.4, -0.2) is 39.2 Å². The average molecular weight is 444 g/mol. The van der Waals surface area contributed by atoms with Gasteiger partial charge in [-0.15, -0.1) is 0 Å². The fourth-order valence-corrected chi connectivity index (χ4v) is 3.52. The Morgan fingerprint density at radius 2 is 1.58 bits per heavy atom. The third kappa shape index (κ3) is 4.67. The monoisotopic (exact) mass is 443 g/mol. The van der Waals surface area contributed by atoms with Crippen LogP contribution in [0.1, 0.15) is 10.4 Å². The molecule has 0 radical (unpaired) electrons. The number of nitrogens with zero attached hydrogens (tertiary/aromatic N) is 2. The fourth-order valence-electron chi connectivity index (χ4n) is 3.52. The summed E-state index contributed by atoms with van der Waals surface area (Å²) >= 11 is 0. The molecule has 168 valence electrons. The zero-order valence-electron chi connectivity index (χ0n) is 19.0. The van der Waals surface area contributed by atoms with E-state index in [1.807, 2.05) is 49.3 Å². The maximum atomic E-state index is 12.8. The predicted molar refractivity (Wildman–Crippen MR) is 130 cm³/mol. The molecule has 0 unspecified atom stereocenters. The minimum absolute atomic E-state index is 0.172. The summed E-state index contributed by atoms with van der Waals surface area (Å²) in [5, 5.41) is 3.74. The van der Waals surface area contributed by atoms with E-state index in [2.05, 4.69) is 10.3 Å². The summed E-state index contributed by atoms with van der Waals surface area (Å²) < 4.78 is 16.9. The van der Waals surface area contributed by atoms with E-state index in [-0.39, 0.29) is 5.91 Å². The van der Waals surface area contributed by atoms with E-state index < -0.39 is 0 Å². The molecule has 1 heterocycles. The summed E-state index contributed by atoms with van der Waals surface area (Å²) in [6, 6.07) is 20.1. The van der Waals surface area contributed by atoms with Crippen molar-refractivity contribution in [2.75, 3.05) is 38.5 Å². The topological polar surface area (TPSA) is 72.9 Å². The maximum absolute atomic E-state index is 12.8. The molecule has 1 N–H and O–H groups in total. The molecule has 0 aliphatic heterocycles. The number of pyridine rings is 1. The third-order valence-electron chi connectivity index (χ3n) is 5.18. The molecule has 0 saturated carbocycles. The Balaban J connectivity index is 1.54. The summed E-state index contributed by atoms with van der Waals surface area (Å²) in [6.07, 6.45) is 1.68. The number of amides is 1. The Hall–Kier alpha value is -4.26. The van der Waals surface area contributed by atoms with Gasteiger partial charge in [0.15, 0.2) is 11.5 Å². The lowest BCUT2D eigenvalue weighted by atomic mass is 10.1. The number of anilines is 2. The molecule has 3 aromatic carbocycles. The summed E-state index contributed by atoms with van der Waals surface area (Å²) in [5.74, 6) is 2.29. The molecule has 1 amide bonds. The van der Waals surface area contributed by atoms with Crippen molar-refractivity contribution in [3.63, 3.8) is 0 Å². The molecule has 4 aromatic rings. The number of methoxy groups -OCH3 is 2. The lowest BCUT2D eigenvalue weighted by molar-refractivity contribution is 0.102. The average Bonchev–Trinajstić information content (AvgIpc) is 2.84. The number of nitrogens with one attached hydrogen (secondary N) is 1. The molecule has 4 rings (SSSR count). The van der Waals surface area contributed by atoms with Crippen molar-refractivity contribution in [3.8, 4) is 23.0 Å². The van der Waals surface area contributed by atoms with E-state index in [0.717, 1.165) is 16.6 Å². The van der Waals surface area contributed by atoms with Gasteiger partial charge in [0.25, 0.3) is 5.91 Å². The van der Waals surface area contributed by atoms with Crippen molar-refractivity contribution in [1.82, 2.24) is 4.98 Å². The molecule has 7 heteroatoms. The van der Waals surface area contributed by atoms with Crippen LogP contribution in [0.5, 0.6) is 23.0 Å². The Kier molecular flexibility index (Phi) is 6.31. The number of ether oxygens (including phenoxy) is 3. The molecule has 1 aromatic heterocycles. The van der Waals surface area contributed by atoms with Gasteiger partial charge in [-0.25, -0.2) is 0 Å². The number of hydrogen-bond acceptors (Lipinski definition) is 6. The van der Waals surface area contributed by atoms with Crippen LogP contribution in [0.3, 0.4) is 0 Å². The van der Waals surface area contributed by atoms with Crippen molar-refractivity contribution in [2.45, 2.75) is 0 Å². The second-order valence-electron chi connectivity index (χ2n) is 7.53. The van der Waals surface area contributed by atoms with E-state index >= 15 is 0 Å². The largest absolute Gasteiger partial charge is 0.493 e. The molecule has 0 atom stereocenters. The zero-order valence-corrected chi connectivity index (χ0v) is 19.0. The molecule has 0 spiro atoms. The van der Waals surface area contributed by atoms with Crippen molar-refractivity contribution < 1.29 is 19.0 Å². The van der Waals surface area contributed by atoms with Crippen LogP contribution in [0.2, 0.25) is 0 Å². The summed E-state index contributed by atoms with van der Waals surface area (Å²) in [4.78, 5) is 19.1. The molecule has 0 saturated heterocycles. The summed E-state index contributed by atoms with van der Waals surface area (Å²) in [7, 11) is 6.99. The zero-order chi connectivity index (χ0) is 23.4. The van der Waals surface area contributed by atoms with Gasteiger partial charge in [0.2, 0.25) is 0 Å². The van der Waals surface area contributed by atoms with Crippen molar-refractivity contribution >= 4 is 28.2 Å². The van der Waals surface area contributed by atoms with E-state index in [4.69, 9.17) is 14.2 Å². The highest BCUT2D eigenvalue weighted by molar-refractivity contribution is 6.08. The lowest BCUT2D eigenvalue weighted by Crippen LogP contribution is -2.18. The van der Waals surface area contributed by atoms with Gasteiger partial charge in [-0.2, -0.15) is 0 Å². The standard InChI is InChI=1S/C26H25N3O4/c1-29(2)22-8-6-5-7-19(22)26(30)28-17-9-11-18(12-10-17)33-23-13-14-27-21-16-25(32-4)24(31-3)15-20(21)23/h5-16H,1-4H3,(H,28,30). The number of carbonyl (C=O) groups is 1. The number of fused-ring (bicyclic) bond motifs is 1. The first-order valence-corrected chi connectivity index (χ1v) is 10.4. The van der Waals surface area contributed by atoms with Crippen LogP contribution in [0.15, 0.2) is 72.9 Å². The SMILES string of the molecule is COc1cc2nccc(Oc3ccc(NC(=O)c4ccccc4N(C)C)cc3)c2cc1OC. The van der Waals surface area contributed by atoms with Gasteiger partial charge < -0.3 is 24.4 Å². The number of benzene rings is 3. The molecule has 7 nitrogen and oxygen atoms in total. The molecule has 0 bridgehead atoms. The van der Waals surface area contributed by atoms with Gasteiger partial charge in [-0.1, -0.05) is 12.1 Å². The minimum Gasteiger partial charge on any atom is -0.493 e. The first kappa shape index (κ1) is 22.0. The number of carbonyl (C=O) groups excluding carboxylic acids is 1. The molecule has 0 aliphatic rings. The summed E-state index contributed by atoms with van der Waals surface area (Å²) in [5.41, 5.74) is 2.86. The van der Waals surface area contributed by atoms with Gasteiger partial charge in [-0.3, -0.25) is 9.78 Å². The minimum atomic E-state index is -0.172. The van der Waals surface area contributed by atoms with Gasteiger partial charge in [0.1, 0.15) is 11.5 Å². The smallest absolute Gasteiger partial charge is 0.257 e. The normalized spacial score (nSPS) is 10.5. The van der Waals surface area contributed by atoms with Crippen LogP contribution in [0.25, 0.3) is 10.9 Å². The first-order valence-electron chi connectivity index (χ1n) is 10.4. The van der Waals surface area contributed by atoms with E-state index in [9.17, 15) is 4.79 Å². The van der Waals surface area contributed by atoms with Crippen LogP contribution < -0.4 is 24.4 Å². The Morgan fingerprint density at radius 3 is 2.27 bits per heavy atom. The lowest BCUT2D eigenvalue weighted by Gasteiger charge is -2.17. The van der Waals surface area contributed by atoms with Crippen molar-refractivity contribution in [2.24, 2.45) is 0 Å². The molecule has 33 heavy (non-hydrogen) atoms. The second-order valence-corrected chi connectivity index (χ2v) is 7.53. The van der Waals surface area contributed by atoms with Crippen LogP contribution in [0.4, 0.5) is 11.4 Å². The fraction of sp³-hybridized carbons (Fsp3) is 0.154. The summed E-state index contributed by atoms with van der Waals surface area (Å²) in [6.45, 7) is 0. The van der Waals surface area contributed by atoms with Gasteiger partial charge in [0, 0.05) is 43.1 Å². The van der Waals surface area contributed by atoms with Crippen molar-refractivity contribution in [1.29, 1.82) is 0 Å². The molecular weight excluding hydrogens is 418 g/mol. The van der Waals surface area contributed by atoms with Crippen LogP contribution in [-0.2, 0) is 0 Å². The third-order valence-corrected chi connectivity index (χ3v) is 5.18. The highest BCUT2D eigenvalue weighted by Crippen LogP contribution is 2.37. The second kappa shape index (κ2) is 9.48. The number of aromatic nitrogens is 1. The Bertz CT molecular complexity index is 1290. The highest BCUT2D eigenvalue weighted by Gasteiger charge is 2.14. The van der Waals surface area contributed by atoms with Gasteiger partial charge >= 0.3 is 0 Å². The molecular formula is C26H25N3O4. The Labute approximate surface area is 192 Å². The number of rotatable bonds is 7. The number of para-hydroxylation sites is 1. The highest BCUT2D eigenvalue weighted by atomic mass is 16.5. The first-order chi connectivity index (χ1) is 16.0. The molecule has 0 aliphatic carbocycles. The quantitative estimate of drug-likeness (QED) is 0.414. The van der Waals surface area contributed by atoms with Crippen LogP contribution in [0, 0.1) is 0 Å². The van der Waals surface area contributed by atoms with E-state index in [0.29, 0.717) is 34.2 Å². The maximum Gasteiger partial charge on any atom is 0.257 e. The van der Waals surface area contributed by atoms with Gasteiger partial charge in [-0.05, 0) is 48.5 Å². The van der Waals surface area contributed by atoms with E-state index in [1.165, 1.54) is 0 Å². The van der Waals surface area contributed by atoms with E-state index in [1.54, 1.807) is 56.8 Å². The van der Waals surface area contributed by atoms with Crippen molar-refractivity contribution in [3.05, 3.63) is 78.5 Å². The predicted octanol–water partition coefficient (Wildman–Crippen LogP) is 5.36.